The van der Waals surface area contributed by atoms with Gasteiger partial charge in [0.15, 0.2) is 0 Å². The fourth-order valence-corrected chi connectivity index (χ4v) is 3.75. The summed E-state index contributed by atoms with van der Waals surface area (Å²) in [6.07, 6.45) is 8.14. The lowest BCUT2D eigenvalue weighted by Gasteiger charge is -1.89. The maximum Gasteiger partial charge on any atom is 0.0782 e. The highest BCUT2D eigenvalue weighted by Gasteiger charge is 2.00. The molecule has 0 bridgehead atoms. The summed E-state index contributed by atoms with van der Waals surface area (Å²) < 4.78 is 2.38. The Balaban J connectivity index is 2.53. The number of thiophene rings is 1. The Labute approximate surface area is 100 Å². The summed E-state index contributed by atoms with van der Waals surface area (Å²) in [5.41, 5.74) is 1.27. The third kappa shape index (κ3) is 3.96. The summed E-state index contributed by atoms with van der Waals surface area (Å²) in [6.45, 7) is 2.21. The number of hydrogen-bond acceptors (Lipinski definition) is 1. The van der Waals surface area contributed by atoms with Crippen LogP contribution in [0.5, 0.6) is 0 Å². The third-order valence-corrected chi connectivity index (χ3v) is 4.09. The second kappa shape index (κ2) is 5.99. The maximum atomic E-state index is 3.52. The van der Waals surface area contributed by atoms with Crippen LogP contribution in [0.3, 0.4) is 0 Å². The molecular formula is C10H12Br2S. The van der Waals surface area contributed by atoms with E-state index in [0.717, 1.165) is 0 Å². The highest BCUT2D eigenvalue weighted by molar-refractivity contribution is 9.12. The normalized spacial score (nSPS) is 11.3. The van der Waals surface area contributed by atoms with E-state index >= 15 is 0 Å². The van der Waals surface area contributed by atoms with Gasteiger partial charge in [-0.25, -0.2) is 0 Å². The Kier molecular flexibility index (Phi) is 5.29. The molecular weight excluding hydrogens is 312 g/mol. The topological polar surface area (TPSA) is 0 Å². The zero-order valence-electron chi connectivity index (χ0n) is 7.52. The van der Waals surface area contributed by atoms with Gasteiger partial charge < -0.3 is 0 Å². The van der Waals surface area contributed by atoms with Gasteiger partial charge in [0.2, 0.25) is 0 Å². The van der Waals surface area contributed by atoms with Crippen LogP contribution in [0.2, 0.25) is 0 Å². The predicted octanol–water partition coefficient (Wildman–Crippen LogP) is 5.48. The number of allylic oxidation sites excluding steroid dienone is 1. The third-order valence-electron chi connectivity index (χ3n) is 1.70. The van der Waals surface area contributed by atoms with E-state index in [1.165, 1.54) is 32.4 Å². The van der Waals surface area contributed by atoms with Crippen molar-refractivity contribution in [1.29, 1.82) is 0 Å². The number of halogens is 2. The Hall–Kier alpha value is 0.400. The number of rotatable bonds is 4. The van der Waals surface area contributed by atoms with Crippen LogP contribution in [-0.4, -0.2) is 0 Å². The van der Waals surface area contributed by atoms with Crippen molar-refractivity contribution in [3.8, 4) is 0 Å². The predicted molar refractivity (Wildman–Crippen MR) is 68.3 cm³/mol. The lowest BCUT2D eigenvalue weighted by molar-refractivity contribution is 0.816. The van der Waals surface area contributed by atoms with Gasteiger partial charge in [0.05, 0.1) is 7.57 Å². The average Bonchev–Trinajstić information content (AvgIpc) is 2.39. The van der Waals surface area contributed by atoms with Gasteiger partial charge in [-0.2, -0.15) is 0 Å². The molecule has 0 unspecified atom stereocenters. The highest BCUT2D eigenvalue weighted by Crippen LogP contribution is 2.32. The number of unbranched alkanes of at least 4 members (excludes halogenated alkanes) is 2. The van der Waals surface area contributed by atoms with Crippen LogP contribution < -0.4 is 0 Å². The van der Waals surface area contributed by atoms with Crippen LogP contribution >= 0.6 is 43.2 Å². The molecule has 0 N–H and O–H groups in total. The van der Waals surface area contributed by atoms with Gasteiger partial charge in [-0.05, 0) is 44.3 Å². The van der Waals surface area contributed by atoms with Crippen molar-refractivity contribution >= 4 is 49.3 Å². The molecule has 0 aliphatic rings. The molecule has 0 aromatic carbocycles. The molecule has 72 valence electrons. The van der Waals surface area contributed by atoms with E-state index in [-0.39, 0.29) is 0 Å². The molecule has 0 amide bonds. The molecule has 0 radical (unpaired) electrons. The average molecular weight is 324 g/mol. The smallest absolute Gasteiger partial charge is 0.0782 e. The fourth-order valence-electron chi connectivity index (χ4n) is 0.999. The molecule has 1 heterocycles. The maximum absolute atomic E-state index is 3.52. The molecule has 0 atom stereocenters. The van der Waals surface area contributed by atoms with Crippen molar-refractivity contribution < 1.29 is 0 Å². The summed E-state index contributed by atoms with van der Waals surface area (Å²) in [4.78, 5) is 0. The summed E-state index contributed by atoms with van der Waals surface area (Å²) in [7, 11) is 0. The fraction of sp³-hybridized carbons (Fsp3) is 0.400. The molecule has 0 aliphatic heterocycles. The molecule has 0 spiro atoms. The monoisotopic (exact) mass is 322 g/mol. The molecule has 1 rings (SSSR count). The quantitative estimate of drug-likeness (QED) is 0.644. The van der Waals surface area contributed by atoms with E-state index in [4.69, 9.17) is 0 Å². The van der Waals surface area contributed by atoms with E-state index in [9.17, 15) is 0 Å². The Morgan fingerprint density at radius 3 is 2.77 bits per heavy atom. The zero-order valence-corrected chi connectivity index (χ0v) is 11.5. The Morgan fingerprint density at radius 1 is 1.46 bits per heavy atom. The highest BCUT2D eigenvalue weighted by atomic mass is 79.9. The molecule has 0 nitrogen and oxygen atoms in total. The molecule has 3 heteroatoms. The van der Waals surface area contributed by atoms with Gasteiger partial charge in [0.25, 0.3) is 0 Å². The van der Waals surface area contributed by atoms with E-state index in [0.29, 0.717) is 0 Å². The molecule has 0 fully saturated rings. The van der Waals surface area contributed by atoms with Crippen molar-refractivity contribution in [1.82, 2.24) is 0 Å². The van der Waals surface area contributed by atoms with Gasteiger partial charge >= 0.3 is 0 Å². The first kappa shape index (κ1) is 11.5. The van der Waals surface area contributed by atoms with E-state index in [1.807, 2.05) is 0 Å². The van der Waals surface area contributed by atoms with Crippen LogP contribution in [0.4, 0.5) is 0 Å². The minimum Gasteiger partial charge on any atom is -0.121 e. The van der Waals surface area contributed by atoms with E-state index < -0.39 is 0 Å². The molecule has 13 heavy (non-hydrogen) atoms. The minimum atomic E-state index is 1.18. The van der Waals surface area contributed by atoms with Gasteiger partial charge in [0, 0.05) is 5.56 Å². The van der Waals surface area contributed by atoms with Crippen LogP contribution in [0.15, 0.2) is 19.7 Å². The second-order valence-electron chi connectivity index (χ2n) is 2.82. The van der Waals surface area contributed by atoms with Gasteiger partial charge in [-0.15, -0.1) is 11.3 Å². The van der Waals surface area contributed by atoms with Crippen LogP contribution in [-0.2, 0) is 0 Å². The summed E-state index contributed by atoms with van der Waals surface area (Å²) in [5.74, 6) is 0. The van der Waals surface area contributed by atoms with Crippen molar-refractivity contribution in [3.05, 3.63) is 25.3 Å². The SMILES string of the molecule is CCCC/C=C/c1cc(Br)sc1Br. The first-order valence-electron chi connectivity index (χ1n) is 4.35. The lowest BCUT2D eigenvalue weighted by atomic mass is 10.2. The van der Waals surface area contributed by atoms with Crippen molar-refractivity contribution in [2.45, 2.75) is 26.2 Å². The Bertz CT molecular complexity index is 289. The summed E-state index contributed by atoms with van der Waals surface area (Å²) >= 11 is 8.70. The molecule has 1 aromatic rings. The van der Waals surface area contributed by atoms with Crippen LogP contribution in [0, 0.1) is 0 Å². The Morgan fingerprint density at radius 2 is 2.23 bits per heavy atom. The van der Waals surface area contributed by atoms with Gasteiger partial charge in [0.1, 0.15) is 0 Å². The molecule has 0 saturated carbocycles. The lowest BCUT2D eigenvalue weighted by Crippen LogP contribution is -1.67. The van der Waals surface area contributed by atoms with Crippen LogP contribution in [0.1, 0.15) is 31.7 Å². The van der Waals surface area contributed by atoms with Crippen molar-refractivity contribution in [3.63, 3.8) is 0 Å². The summed E-state index contributed by atoms with van der Waals surface area (Å²) in [6, 6.07) is 2.14. The van der Waals surface area contributed by atoms with Gasteiger partial charge in [-0.1, -0.05) is 31.9 Å². The first-order chi connectivity index (χ1) is 6.24. The molecule has 0 aliphatic carbocycles. The zero-order chi connectivity index (χ0) is 9.68. The standard InChI is InChI=1S/C10H12Br2S/c1-2-3-4-5-6-8-7-9(11)13-10(8)12/h5-7H,2-4H2,1H3/b6-5+. The van der Waals surface area contributed by atoms with Crippen molar-refractivity contribution in [2.75, 3.05) is 0 Å². The summed E-state index contributed by atoms with van der Waals surface area (Å²) in [5, 5.41) is 0. The second-order valence-corrected chi connectivity index (χ2v) is 6.57. The van der Waals surface area contributed by atoms with Gasteiger partial charge in [-0.3, -0.25) is 0 Å². The largest absolute Gasteiger partial charge is 0.121 e. The number of hydrogen-bond donors (Lipinski definition) is 0. The van der Waals surface area contributed by atoms with E-state index in [2.05, 4.69) is 57.0 Å². The molecule has 1 aromatic heterocycles. The van der Waals surface area contributed by atoms with E-state index in [1.54, 1.807) is 11.3 Å². The molecule has 0 saturated heterocycles. The van der Waals surface area contributed by atoms with Crippen molar-refractivity contribution in [2.24, 2.45) is 0 Å². The minimum absolute atomic E-state index is 1.18. The van der Waals surface area contributed by atoms with Crippen LogP contribution in [0.25, 0.3) is 6.08 Å². The first-order valence-corrected chi connectivity index (χ1v) is 6.75.